The number of anilines is 1. The molecule has 0 aliphatic carbocycles. The largest absolute Gasteiger partial charge is 0.464 e. The minimum Gasteiger partial charge on any atom is -0.464 e. The first-order chi connectivity index (χ1) is 9.24. The van der Waals surface area contributed by atoms with Gasteiger partial charge in [-0.2, -0.15) is 0 Å². The third-order valence-electron chi connectivity index (χ3n) is 3.41. The van der Waals surface area contributed by atoms with Crippen LogP contribution in [-0.4, -0.2) is 47.8 Å². The second-order valence-electron chi connectivity index (χ2n) is 4.72. The van der Waals surface area contributed by atoms with Crippen LogP contribution in [0.15, 0.2) is 12.4 Å². The number of carbonyl (C=O) groups is 1. The lowest BCUT2D eigenvalue weighted by molar-refractivity contribution is 0.0593. The summed E-state index contributed by atoms with van der Waals surface area (Å²) < 4.78 is 4.59. The Bertz CT molecular complexity index is 420. The van der Waals surface area contributed by atoms with E-state index in [1.807, 2.05) is 0 Å². The molecule has 1 aromatic heterocycles. The summed E-state index contributed by atoms with van der Waals surface area (Å²) in [5.41, 5.74) is 0.218. The van der Waals surface area contributed by atoms with E-state index in [1.54, 1.807) is 6.20 Å². The summed E-state index contributed by atoms with van der Waals surface area (Å²) in [7, 11) is 1.32. The fourth-order valence-electron chi connectivity index (χ4n) is 2.39. The van der Waals surface area contributed by atoms with Gasteiger partial charge in [0.25, 0.3) is 0 Å². The lowest BCUT2D eigenvalue weighted by Gasteiger charge is -2.33. The zero-order valence-corrected chi connectivity index (χ0v) is 11.1. The van der Waals surface area contributed by atoms with Crippen LogP contribution in [0.5, 0.6) is 0 Å². The van der Waals surface area contributed by atoms with Gasteiger partial charge in [0, 0.05) is 19.7 Å². The van der Waals surface area contributed by atoms with Crippen LogP contribution in [0, 0.1) is 5.92 Å². The Morgan fingerprint density at radius 1 is 1.53 bits per heavy atom. The summed E-state index contributed by atoms with van der Waals surface area (Å²) >= 11 is 0. The van der Waals surface area contributed by atoms with Crippen molar-refractivity contribution in [1.29, 1.82) is 0 Å². The van der Waals surface area contributed by atoms with E-state index in [9.17, 15) is 4.79 Å². The average Bonchev–Trinajstić information content (AvgIpc) is 2.47. The molecule has 1 saturated heterocycles. The van der Waals surface area contributed by atoms with Gasteiger partial charge < -0.3 is 14.7 Å². The van der Waals surface area contributed by atoms with Gasteiger partial charge in [-0.25, -0.2) is 14.8 Å². The molecule has 6 nitrogen and oxygen atoms in total. The summed E-state index contributed by atoms with van der Waals surface area (Å²) in [4.78, 5) is 21.8. The molecule has 1 aliphatic rings. The molecule has 1 fully saturated rings. The van der Waals surface area contributed by atoms with Crippen LogP contribution in [0.3, 0.4) is 0 Å². The van der Waals surface area contributed by atoms with Gasteiger partial charge in [0.2, 0.25) is 0 Å². The van der Waals surface area contributed by atoms with Crippen molar-refractivity contribution in [2.45, 2.75) is 19.3 Å². The van der Waals surface area contributed by atoms with Gasteiger partial charge >= 0.3 is 5.97 Å². The van der Waals surface area contributed by atoms with Gasteiger partial charge in [-0.15, -0.1) is 0 Å². The molecule has 0 aromatic carbocycles. The van der Waals surface area contributed by atoms with Crippen molar-refractivity contribution in [2.75, 3.05) is 31.7 Å². The molecule has 0 radical (unpaired) electrons. The molecule has 1 aliphatic heterocycles. The minimum absolute atomic E-state index is 0.218. The number of carbonyl (C=O) groups excluding carboxylic acids is 1. The minimum atomic E-state index is -0.476. The Morgan fingerprint density at radius 3 is 3.00 bits per heavy atom. The van der Waals surface area contributed by atoms with Gasteiger partial charge in [0.05, 0.1) is 19.5 Å². The molecule has 1 N–H and O–H groups in total. The lowest BCUT2D eigenvalue weighted by Crippen LogP contribution is -2.36. The van der Waals surface area contributed by atoms with Crippen LogP contribution in [0.4, 0.5) is 5.82 Å². The quantitative estimate of drug-likeness (QED) is 0.814. The van der Waals surface area contributed by atoms with E-state index in [4.69, 9.17) is 5.11 Å². The highest BCUT2D eigenvalue weighted by Gasteiger charge is 2.21. The molecule has 6 heteroatoms. The van der Waals surface area contributed by atoms with Gasteiger partial charge in [0.15, 0.2) is 5.69 Å². The summed E-state index contributed by atoms with van der Waals surface area (Å²) in [6, 6.07) is 0. The van der Waals surface area contributed by atoms with Crippen molar-refractivity contribution < 1.29 is 14.6 Å². The molecule has 0 spiro atoms. The Balaban J connectivity index is 2.03. The summed E-state index contributed by atoms with van der Waals surface area (Å²) in [6.07, 6.45) is 6.10. The van der Waals surface area contributed by atoms with E-state index in [-0.39, 0.29) is 12.3 Å². The molecule has 0 amide bonds. The third-order valence-corrected chi connectivity index (χ3v) is 3.41. The van der Waals surface area contributed by atoms with Crippen LogP contribution < -0.4 is 4.90 Å². The van der Waals surface area contributed by atoms with Crippen molar-refractivity contribution >= 4 is 11.8 Å². The molecule has 1 atom stereocenters. The van der Waals surface area contributed by atoms with E-state index >= 15 is 0 Å². The van der Waals surface area contributed by atoms with Gasteiger partial charge in [-0.3, -0.25) is 0 Å². The highest BCUT2D eigenvalue weighted by molar-refractivity contribution is 5.86. The monoisotopic (exact) mass is 265 g/mol. The maximum Gasteiger partial charge on any atom is 0.358 e. The molecule has 2 rings (SSSR count). The number of aliphatic hydroxyl groups excluding tert-OH is 1. The highest BCUT2D eigenvalue weighted by atomic mass is 16.5. The second kappa shape index (κ2) is 6.47. The van der Waals surface area contributed by atoms with Crippen LogP contribution in [0.25, 0.3) is 0 Å². The number of hydrogen-bond donors (Lipinski definition) is 1. The standard InChI is InChI=1S/C13H19N3O3/c1-19-13(18)11-7-15-12(8-14-11)16-5-2-3-10(9-16)4-6-17/h7-8,10,17H,2-6,9H2,1H3. The number of piperidine rings is 1. The molecule has 104 valence electrons. The first-order valence-corrected chi connectivity index (χ1v) is 6.50. The zero-order chi connectivity index (χ0) is 13.7. The number of nitrogens with zero attached hydrogens (tertiary/aromatic N) is 3. The van der Waals surface area contributed by atoms with Crippen LogP contribution in [0.2, 0.25) is 0 Å². The molecule has 1 unspecified atom stereocenters. The molecule has 2 heterocycles. The fraction of sp³-hybridized carbons (Fsp3) is 0.615. The van der Waals surface area contributed by atoms with Crippen molar-refractivity contribution in [3.8, 4) is 0 Å². The highest BCUT2D eigenvalue weighted by Crippen LogP contribution is 2.22. The maximum absolute atomic E-state index is 11.3. The molecule has 0 saturated carbocycles. The van der Waals surface area contributed by atoms with Gasteiger partial charge in [-0.05, 0) is 25.2 Å². The van der Waals surface area contributed by atoms with Crippen molar-refractivity contribution in [2.24, 2.45) is 5.92 Å². The SMILES string of the molecule is COC(=O)c1cnc(N2CCCC(CCO)C2)cn1. The number of ether oxygens (including phenoxy) is 1. The Hall–Kier alpha value is -1.69. The van der Waals surface area contributed by atoms with Crippen molar-refractivity contribution in [1.82, 2.24) is 9.97 Å². The number of hydrogen-bond acceptors (Lipinski definition) is 6. The average molecular weight is 265 g/mol. The van der Waals surface area contributed by atoms with E-state index in [0.717, 1.165) is 38.2 Å². The van der Waals surface area contributed by atoms with E-state index < -0.39 is 5.97 Å². The van der Waals surface area contributed by atoms with E-state index in [2.05, 4.69) is 19.6 Å². The number of rotatable bonds is 4. The first-order valence-electron chi connectivity index (χ1n) is 6.50. The summed E-state index contributed by atoms with van der Waals surface area (Å²) in [5, 5.41) is 9.00. The van der Waals surface area contributed by atoms with Gasteiger partial charge in [0.1, 0.15) is 5.82 Å². The van der Waals surface area contributed by atoms with Crippen molar-refractivity contribution in [3.05, 3.63) is 18.1 Å². The number of methoxy groups -OCH3 is 1. The smallest absolute Gasteiger partial charge is 0.358 e. The van der Waals surface area contributed by atoms with Crippen molar-refractivity contribution in [3.63, 3.8) is 0 Å². The normalized spacial score (nSPS) is 19.3. The molecular weight excluding hydrogens is 246 g/mol. The predicted octanol–water partition coefficient (Wildman–Crippen LogP) is 0.862. The Morgan fingerprint density at radius 2 is 2.37 bits per heavy atom. The first kappa shape index (κ1) is 13.7. The van der Waals surface area contributed by atoms with Crippen LogP contribution >= 0.6 is 0 Å². The summed E-state index contributed by atoms with van der Waals surface area (Å²) in [5.74, 6) is 0.798. The number of aliphatic hydroxyl groups is 1. The zero-order valence-electron chi connectivity index (χ0n) is 11.1. The number of aromatic nitrogens is 2. The fourth-order valence-corrected chi connectivity index (χ4v) is 2.39. The molecular formula is C13H19N3O3. The molecule has 1 aromatic rings. The molecule has 0 bridgehead atoms. The van der Waals surface area contributed by atoms with Crippen LogP contribution in [0.1, 0.15) is 29.8 Å². The predicted molar refractivity (Wildman–Crippen MR) is 70.0 cm³/mol. The maximum atomic E-state index is 11.3. The van der Waals surface area contributed by atoms with Crippen LogP contribution in [-0.2, 0) is 4.74 Å². The third kappa shape index (κ3) is 3.41. The Labute approximate surface area is 112 Å². The van der Waals surface area contributed by atoms with E-state index in [1.165, 1.54) is 13.3 Å². The number of esters is 1. The van der Waals surface area contributed by atoms with Gasteiger partial charge in [-0.1, -0.05) is 0 Å². The summed E-state index contributed by atoms with van der Waals surface area (Å²) in [6.45, 7) is 2.05. The second-order valence-corrected chi connectivity index (χ2v) is 4.72. The topological polar surface area (TPSA) is 75.5 Å². The molecule has 19 heavy (non-hydrogen) atoms. The van der Waals surface area contributed by atoms with E-state index in [0.29, 0.717) is 5.92 Å². The Kier molecular flexibility index (Phi) is 4.68. The lowest BCUT2D eigenvalue weighted by atomic mass is 9.95.